The van der Waals surface area contributed by atoms with Gasteiger partial charge in [0.25, 0.3) is 5.97 Å². The third-order valence-electron chi connectivity index (χ3n) is 2.74. The van der Waals surface area contributed by atoms with E-state index in [0.717, 1.165) is 26.3 Å². The fourth-order valence-corrected chi connectivity index (χ4v) is 2.18. The molecule has 0 amide bonds. The SMILES string of the molecule is CC.CC(=O)O.CC(C)CN(C)[C@@H]1CC(O)O[C@H](C)C1.[HH]. The molecule has 1 saturated heterocycles. The number of hydrogen-bond donors (Lipinski definition) is 2. The molecule has 1 aliphatic heterocycles. The molecular weight excluding hydrogens is 258 g/mol. The van der Waals surface area contributed by atoms with Crippen molar-refractivity contribution >= 4 is 5.97 Å². The third-order valence-corrected chi connectivity index (χ3v) is 2.74. The first-order chi connectivity index (χ1) is 9.22. The van der Waals surface area contributed by atoms with Gasteiger partial charge in [-0.05, 0) is 26.3 Å². The van der Waals surface area contributed by atoms with E-state index in [1.54, 1.807) is 0 Å². The maximum Gasteiger partial charge on any atom is 0.300 e. The minimum absolute atomic E-state index is 0. The molecule has 0 aromatic heterocycles. The summed E-state index contributed by atoms with van der Waals surface area (Å²) in [6, 6.07) is 0.469. The van der Waals surface area contributed by atoms with Gasteiger partial charge in [0, 0.05) is 27.4 Å². The van der Waals surface area contributed by atoms with Crippen LogP contribution in [-0.4, -0.2) is 53.1 Å². The van der Waals surface area contributed by atoms with Gasteiger partial charge < -0.3 is 19.8 Å². The van der Waals surface area contributed by atoms with Crippen LogP contribution in [0.2, 0.25) is 0 Å². The van der Waals surface area contributed by atoms with Gasteiger partial charge in [-0.25, -0.2) is 0 Å². The molecule has 20 heavy (non-hydrogen) atoms. The molecule has 3 atom stereocenters. The number of carbonyl (C=O) groups is 1. The molecule has 1 aliphatic rings. The van der Waals surface area contributed by atoms with E-state index in [-0.39, 0.29) is 7.53 Å². The number of aliphatic carboxylic acids is 1. The van der Waals surface area contributed by atoms with E-state index < -0.39 is 12.3 Å². The van der Waals surface area contributed by atoms with E-state index >= 15 is 0 Å². The number of nitrogens with zero attached hydrogens (tertiary/aromatic N) is 1. The zero-order valence-electron chi connectivity index (χ0n) is 14.1. The number of aliphatic hydroxyl groups excluding tert-OH is 1. The first kappa shape index (κ1) is 21.6. The molecule has 1 unspecified atom stereocenters. The lowest BCUT2D eigenvalue weighted by molar-refractivity contribution is -0.174. The molecule has 1 rings (SSSR count). The highest BCUT2D eigenvalue weighted by Crippen LogP contribution is 2.22. The van der Waals surface area contributed by atoms with Gasteiger partial charge in [-0.15, -0.1) is 0 Å². The van der Waals surface area contributed by atoms with Crippen LogP contribution in [0.4, 0.5) is 0 Å². The number of ether oxygens (including phenoxy) is 1. The van der Waals surface area contributed by atoms with Gasteiger partial charge >= 0.3 is 0 Å². The van der Waals surface area contributed by atoms with Crippen molar-refractivity contribution < 1.29 is 21.2 Å². The third kappa shape index (κ3) is 12.4. The molecule has 5 heteroatoms. The summed E-state index contributed by atoms with van der Waals surface area (Å²) in [5.41, 5.74) is 0. The Morgan fingerprint density at radius 1 is 1.40 bits per heavy atom. The Hall–Kier alpha value is -0.650. The maximum atomic E-state index is 9.48. The van der Waals surface area contributed by atoms with Gasteiger partial charge in [0.15, 0.2) is 6.29 Å². The van der Waals surface area contributed by atoms with E-state index in [4.69, 9.17) is 14.6 Å². The Labute approximate surface area is 125 Å². The topological polar surface area (TPSA) is 70.0 Å². The second-order valence-electron chi connectivity index (χ2n) is 5.38. The van der Waals surface area contributed by atoms with Gasteiger partial charge in [0.05, 0.1) is 6.10 Å². The molecule has 0 aromatic carbocycles. The van der Waals surface area contributed by atoms with E-state index in [1.807, 2.05) is 20.8 Å². The van der Waals surface area contributed by atoms with Crippen LogP contribution >= 0.6 is 0 Å². The molecule has 0 saturated carbocycles. The highest BCUT2D eigenvalue weighted by molar-refractivity contribution is 5.62. The molecular formula is C15H35NO4. The number of carboxylic acid groups (broad SMARTS) is 1. The smallest absolute Gasteiger partial charge is 0.300 e. The number of carboxylic acids is 1. The molecule has 2 N–H and O–H groups in total. The van der Waals surface area contributed by atoms with Crippen LogP contribution in [0.1, 0.15) is 55.8 Å². The lowest BCUT2D eigenvalue weighted by atomic mass is 10.0. The molecule has 0 bridgehead atoms. The summed E-state index contributed by atoms with van der Waals surface area (Å²) >= 11 is 0. The zero-order valence-corrected chi connectivity index (χ0v) is 14.1. The van der Waals surface area contributed by atoms with Gasteiger partial charge in [-0.2, -0.15) is 0 Å². The summed E-state index contributed by atoms with van der Waals surface area (Å²) in [6.45, 7) is 12.6. The van der Waals surface area contributed by atoms with E-state index in [2.05, 4.69) is 25.8 Å². The minimum atomic E-state index is -0.833. The van der Waals surface area contributed by atoms with Crippen molar-refractivity contribution in [1.82, 2.24) is 4.90 Å². The van der Waals surface area contributed by atoms with Gasteiger partial charge in [-0.3, -0.25) is 4.79 Å². The monoisotopic (exact) mass is 293 g/mol. The van der Waals surface area contributed by atoms with Crippen molar-refractivity contribution in [2.45, 2.75) is 72.8 Å². The zero-order chi connectivity index (χ0) is 16.3. The Morgan fingerprint density at radius 2 is 1.85 bits per heavy atom. The average Bonchev–Trinajstić information content (AvgIpc) is 2.28. The molecule has 5 nitrogen and oxygen atoms in total. The van der Waals surface area contributed by atoms with Crippen molar-refractivity contribution in [3.05, 3.63) is 0 Å². The second-order valence-corrected chi connectivity index (χ2v) is 5.38. The fourth-order valence-electron chi connectivity index (χ4n) is 2.18. The second kappa shape index (κ2) is 12.1. The molecule has 0 radical (unpaired) electrons. The van der Waals surface area contributed by atoms with Crippen molar-refractivity contribution in [3.63, 3.8) is 0 Å². The minimum Gasteiger partial charge on any atom is -0.481 e. The van der Waals surface area contributed by atoms with Crippen LogP contribution < -0.4 is 0 Å². The van der Waals surface area contributed by atoms with Crippen molar-refractivity contribution in [1.29, 1.82) is 0 Å². The molecule has 0 aromatic rings. The van der Waals surface area contributed by atoms with Gasteiger partial charge in [-0.1, -0.05) is 27.7 Å². The van der Waals surface area contributed by atoms with Crippen molar-refractivity contribution in [2.24, 2.45) is 5.92 Å². The molecule has 1 fully saturated rings. The van der Waals surface area contributed by atoms with Crippen molar-refractivity contribution in [2.75, 3.05) is 13.6 Å². The molecule has 1 heterocycles. The van der Waals surface area contributed by atoms with E-state index in [9.17, 15) is 5.11 Å². The first-order valence-corrected chi connectivity index (χ1v) is 7.45. The summed E-state index contributed by atoms with van der Waals surface area (Å²) in [4.78, 5) is 11.3. The average molecular weight is 293 g/mol. The maximum absolute atomic E-state index is 9.48. The Balaban J connectivity index is -0.000000401. The van der Waals surface area contributed by atoms with Crippen LogP contribution in [0.15, 0.2) is 0 Å². The summed E-state index contributed by atoms with van der Waals surface area (Å²) in [5.74, 6) is -0.157. The lowest BCUT2D eigenvalue weighted by Gasteiger charge is -2.37. The normalized spacial score (nSPS) is 25.4. The number of aliphatic hydroxyl groups is 1. The fraction of sp³-hybridized carbons (Fsp3) is 0.933. The Kier molecular flexibility index (Phi) is 13.1. The van der Waals surface area contributed by atoms with Gasteiger partial charge in [0.1, 0.15) is 0 Å². The summed E-state index contributed by atoms with van der Waals surface area (Å²) in [6.07, 6.45) is 1.38. The number of rotatable bonds is 3. The van der Waals surface area contributed by atoms with Gasteiger partial charge in [0.2, 0.25) is 0 Å². The largest absolute Gasteiger partial charge is 0.481 e. The number of hydrogen-bond acceptors (Lipinski definition) is 4. The first-order valence-electron chi connectivity index (χ1n) is 7.45. The molecule has 0 spiro atoms. The Bertz CT molecular complexity index is 238. The molecule has 0 aliphatic carbocycles. The predicted molar refractivity (Wildman–Crippen MR) is 83.8 cm³/mol. The van der Waals surface area contributed by atoms with Crippen LogP contribution in [0, 0.1) is 5.92 Å². The summed E-state index contributed by atoms with van der Waals surface area (Å²) in [7, 11) is 2.13. The Morgan fingerprint density at radius 3 is 2.20 bits per heavy atom. The summed E-state index contributed by atoms with van der Waals surface area (Å²) in [5, 5.41) is 16.9. The van der Waals surface area contributed by atoms with Crippen LogP contribution in [-0.2, 0) is 9.53 Å². The van der Waals surface area contributed by atoms with Crippen molar-refractivity contribution in [3.8, 4) is 0 Å². The quantitative estimate of drug-likeness (QED) is 0.837. The van der Waals surface area contributed by atoms with E-state index in [1.165, 1.54) is 0 Å². The molecule has 124 valence electrons. The standard InChI is InChI=1S/C11H23NO2.C2H4O2.C2H6.H2/c1-8(2)7-12(4)10-5-9(3)14-11(13)6-10;1-2(3)4;1-2;/h8-11,13H,5-7H2,1-4H3;1H3,(H,3,4);1-2H3;1H/t9-,10+,11?;;;/m1.../s1. The highest BCUT2D eigenvalue weighted by atomic mass is 16.6. The lowest BCUT2D eigenvalue weighted by Crippen LogP contribution is -2.44. The van der Waals surface area contributed by atoms with Crippen LogP contribution in [0.25, 0.3) is 0 Å². The van der Waals surface area contributed by atoms with Crippen LogP contribution in [0.3, 0.4) is 0 Å². The van der Waals surface area contributed by atoms with E-state index in [0.29, 0.717) is 12.0 Å². The predicted octanol–water partition coefficient (Wildman–Crippen LogP) is 2.82. The van der Waals surface area contributed by atoms with Crippen LogP contribution in [0.5, 0.6) is 0 Å². The highest BCUT2D eigenvalue weighted by Gasteiger charge is 2.28. The summed E-state index contributed by atoms with van der Waals surface area (Å²) < 4.78 is 5.30.